The molecule has 0 aromatic heterocycles. The third-order valence-electron chi connectivity index (χ3n) is 2.91. The number of carbonyl (C=O) groups excluding carboxylic acids is 1. The van der Waals surface area contributed by atoms with Crippen LogP contribution in [-0.2, 0) is 9.53 Å². The molecule has 2 N–H and O–H groups in total. The van der Waals surface area contributed by atoms with Crippen LogP contribution in [0.2, 0.25) is 5.02 Å². The average molecular weight is 349 g/mol. The molecule has 1 aliphatic rings. The summed E-state index contributed by atoms with van der Waals surface area (Å²) in [6.45, 7) is 0.292. The van der Waals surface area contributed by atoms with Crippen molar-refractivity contribution < 1.29 is 19.4 Å². The Balaban J connectivity index is 2.13. The molecule has 0 saturated carbocycles. The molecule has 5 nitrogen and oxygen atoms in total. The lowest BCUT2D eigenvalue weighted by Gasteiger charge is -2.16. The van der Waals surface area contributed by atoms with Gasteiger partial charge < -0.3 is 15.2 Å². The van der Waals surface area contributed by atoms with Crippen LogP contribution < -0.4 is 5.32 Å². The zero-order chi connectivity index (χ0) is 14.0. The number of carboxylic acids is 1. The first kappa shape index (κ1) is 14.3. The Kier molecular flexibility index (Phi) is 4.44. The van der Waals surface area contributed by atoms with Gasteiger partial charge in [0, 0.05) is 4.47 Å². The van der Waals surface area contributed by atoms with Crippen molar-refractivity contribution >= 4 is 39.4 Å². The van der Waals surface area contributed by atoms with Gasteiger partial charge in [0.25, 0.3) is 5.91 Å². The molecule has 2 atom stereocenters. The van der Waals surface area contributed by atoms with Gasteiger partial charge in [0.05, 0.1) is 29.8 Å². The molecule has 2 unspecified atom stereocenters. The fraction of sp³-hybridized carbons (Fsp3) is 0.333. The fourth-order valence-corrected chi connectivity index (χ4v) is 2.44. The van der Waals surface area contributed by atoms with Crippen molar-refractivity contribution in [2.75, 3.05) is 13.2 Å². The Morgan fingerprint density at radius 2 is 2.16 bits per heavy atom. The van der Waals surface area contributed by atoms with Crippen molar-refractivity contribution in [2.45, 2.75) is 6.04 Å². The van der Waals surface area contributed by atoms with E-state index in [2.05, 4.69) is 21.2 Å². The number of hydrogen-bond acceptors (Lipinski definition) is 3. The van der Waals surface area contributed by atoms with Crippen molar-refractivity contribution in [1.82, 2.24) is 5.32 Å². The van der Waals surface area contributed by atoms with Crippen LogP contribution in [0.5, 0.6) is 0 Å². The minimum atomic E-state index is -0.983. The van der Waals surface area contributed by atoms with E-state index in [-0.39, 0.29) is 13.2 Å². The van der Waals surface area contributed by atoms with Crippen LogP contribution >= 0.6 is 27.5 Å². The van der Waals surface area contributed by atoms with Crippen molar-refractivity contribution in [3.63, 3.8) is 0 Å². The molecule has 2 rings (SSSR count). The molecule has 1 amide bonds. The molecule has 102 valence electrons. The molecular formula is C12H11BrClNO4. The number of rotatable bonds is 3. The summed E-state index contributed by atoms with van der Waals surface area (Å²) in [6, 6.07) is 4.44. The van der Waals surface area contributed by atoms with E-state index in [0.717, 1.165) is 0 Å². The van der Waals surface area contributed by atoms with Gasteiger partial charge in [-0.3, -0.25) is 9.59 Å². The second-order valence-electron chi connectivity index (χ2n) is 4.16. The molecule has 0 aliphatic carbocycles. The lowest BCUT2D eigenvalue weighted by atomic mass is 10.0. The van der Waals surface area contributed by atoms with E-state index in [1.807, 2.05) is 0 Å². The fourth-order valence-electron chi connectivity index (χ4n) is 1.87. The highest BCUT2D eigenvalue weighted by molar-refractivity contribution is 9.10. The number of ether oxygens (including phenoxy) is 1. The van der Waals surface area contributed by atoms with Gasteiger partial charge in [-0.15, -0.1) is 0 Å². The van der Waals surface area contributed by atoms with Gasteiger partial charge in [-0.05, 0) is 28.1 Å². The number of carbonyl (C=O) groups is 2. The summed E-state index contributed by atoms with van der Waals surface area (Å²) in [4.78, 5) is 23.1. The van der Waals surface area contributed by atoms with E-state index in [1.165, 1.54) is 0 Å². The highest BCUT2D eigenvalue weighted by atomic mass is 79.9. The third-order valence-corrected chi connectivity index (χ3v) is 4.21. The third kappa shape index (κ3) is 3.08. The second-order valence-corrected chi connectivity index (χ2v) is 5.40. The van der Waals surface area contributed by atoms with Gasteiger partial charge >= 0.3 is 5.97 Å². The van der Waals surface area contributed by atoms with E-state index in [1.54, 1.807) is 18.2 Å². The average Bonchev–Trinajstić information content (AvgIpc) is 2.80. The summed E-state index contributed by atoms with van der Waals surface area (Å²) in [6.07, 6.45) is 0. The first-order valence-corrected chi connectivity index (χ1v) is 6.73. The Hall–Kier alpha value is -1.11. The predicted octanol–water partition coefficient (Wildman–Crippen LogP) is 1.93. The van der Waals surface area contributed by atoms with Crippen LogP contribution in [0, 0.1) is 5.92 Å². The Morgan fingerprint density at radius 1 is 1.42 bits per heavy atom. The number of carboxylic acid groups (broad SMARTS) is 1. The van der Waals surface area contributed by atoms with Crippen molar-refractivity contribution in [2.24, 2.45) is 5.92 Å². The summed E-state index contributed by atoms with van der Waals surface area (Å²) < 4.78 is 5.69. The van der Waals surface area contributed by atoms with Gasteiger partial charge in [0.1, 0.15) is 5.92 Å². The highest BCUT2D eigenvalue weighted by Crippen LogP contribution is 2.26. The molecule has 1 aromatic carbocycles. The minimum absolute atomic E-state index is 0.104. The normalized spacial score (nSPS) is 22.2. The molecule has 1 aromatic rings. The number of halogens is 2. The molecule has 0 bridgehead atoms. The van der Waals surface area contributed by atoms with E-state index in [4.69, 9.17) is 21.4 Å². The number of nitrogens with one attached hydrogen (secondary N) is 1. The van der Waals surface area contributed by atoms with Crippen LogP contribution in [0.1, 0.15) is 10.4 Å². The Labute approximate surface area is 123 Å². The molecule has 7 heteroatoms. The predicted molar refractivity (Wildman–Crippen MR) is 72.4 cm³/mol. The van der Waals surface area contributed by atoms with Crippen LogP contribution in [0.25, 0.3) is 0 Å². The van der Waals surface area contributed by atoms with Crippen LogP contribution in [0.3, 0.4) is 0 Å². The van der Waals surface area contributed by atoms with Gasteiger partial charge in [0.2, 0.25) is 0 Å². The van der Waals surface area contributed by atoms with E-state index in [0.29, 0.717) is 15.1 Å². The zero-order valence-corrected chi connectivity index (χ0v) is 12.1. The van der Waals surface area contributed by atoms with Crippen LogP contribution in [0.4, 0.5) is 0 Å². The SMILES string of the molecule is O=C(NC1COCC1C(=O)O)c1cccc(Br)c1Cl. The van der Waals surface area contributed by atoms with Crippen LogP contribution in [0.15, 0.2) is 22.7 Å². The van der Waals surface area contributed by atoms with Gasteiger partial charge in [-0.2, -0.15) is 0 Å². The highest BCUT2D eigenvalue weighted by Gasteiger charge is 2.35. The molecule has 0 spiro atoms. The summed E-state index contributed by atoms with van der Waals surface area (Å²) in [5.74, 6) is -2.12. The first-order chi connectivity index (χ1) is 9.00. The van der Waals surface area contributed by atoms with Crippen LogP contribution in [-0.4, -0.2) is 36.2 Å². The second kappa shape index (κ2) is 5.90. The smallest absolute Gasteiger partial charge is 0.311 e. The molecular weight excluding hydrogens is 337 g/mol. The topological polar surface area (TPSA) is 75.6 Å². The molecule has 1 fully saturated rings. The number of amides is 1. The minimum Gasteiger partial charge on any atom is -0.481 e. The summed E-state index contributed by atoms with van der Waals surface area (Å²) in [5, 5.41) is 11.9. The maximum atomic E-state index is 12.1. The monoisotopic (exact) mass is 347 g/mol. The summed E-state index contributed by atoms with van der Waals surface area (Å²) in [7, 11) is 0. The van der Waals surface area contributed by atoms with E-state index >= 15 is 0 Å². The molecule has 0 radical (unpaired) electrons. The number of aliphatic carboxylic acids is 1. The Bertz CT molecular complexity index is 522. The molecule has 1 aliphatic heterocycles. The summed E-state index contributed by atoms with van der Waals surface area (Å²) >= 11 is 9.25. The quantitative estimate of drug-likeness (QED) is 0.875. The van der Waals surface area contributed by atoms with Crippen molar-refractivity contribution in [3.05, 3.63) is 33.3 Å². The molecule has 1 saturated heterocycles. The molecule has 19 heavy (non-hydrogen) atoms. The molecule has 1 heterocycles. The van der Waals surface area contributed by atoms with Crippen molar-refractivity contribution in [3.8, 4) is 0 Å². The zero-order valence-electron chi connectivity index (χ0n) is 9.73. The largest absolute Gasteiger partial charge is 0.481 e. The van der Waals surface area contributed by atoms with E-state index < -0.39 is 23.8 Å². The first-order valence-electron chi connectivity index (χ1n) is 5.56. The lowest BCUT2D eigenvalue weighted by Crippen LogP contribution is -2.42. The van der Waals surface area contributed by atoms with Gasteiger partial charge in [-0.25, -0.2) is 0 Å². The standard InChI is InChI=1S/C12H11BrClNO4/c13-8-3-1-2-6(10(8)14)11(16)15-9-5-19-4-7(9)12(17)18/h1-3,7,9H,4-5H2,(H,15,16)(H,17,18). The van der Waals surface area contributed by atoms with Crippen molar-refractivity contribution in [1.29, 1.82) is 0 Å². The Morgan fingerprint density at radius 3 is 2.84 bits per heavy atom. The summed E-state index contributed by atoms with van der Waals surface area (Å²) in [5.41, 5.74) is 0.298. The number of benzene rings is 1. The van der Waals surface area contributed by atoms with E-state index in [9.17, 15) is 9.59 Å². The van der Waals surface area contributed by atoms with Gasteiger partial charge in [0.15, 0.2) is 0 Å². The maximum Gasteiger partial charge on any atom is 0.311 e. The maximum absolute atomic E-state index is 12.1. The van der Waals surface area contributed by atoms with Gasteiger partial charge in [-0.1, -0.05) is 17.7 Å². The lowest BCUT2D eigenvalue weighted by molar-refractivity contribution is -0.142. The number of hydrogen-bond donors (Lipinski definition) is 2.